The van der Waals surface area contributed by atoms with E-state index in [9.17, 15) is 4.79 Å². The molecule has 0 aliphatic rings. The van der Waals surface area contributed by atoms with Gasteiger partial charge in [0.15, 0.2) is 0 Å². The molecule has 0 rings (SSSR count). The van der Waals surface area contributed by atoms with Crippen molar-refractivity contribution in [1.82, 2.24) is 0 Å². The maximum absolute atomic E-state index is 9.98. The minimum Gasteiger partial charge on any atom is 0 e. The summed E-state index contributed by atoms with van der Waals surface area (Å²) in [6, 6.07) is 0. The fourth-order valence-electron chi connectivity index (χ4n) is 0. The maximum Gasteiger partial charge on any atom is 0 e. The summed E-state index contributed by atoms with van der Waals surface area (Å²) in [6.45, 7) is 8.03. The minimum atomic E-state index is -0.278. The zero-order valence-corrected chi connectivity index (χ0v) is 16.9. The molecule has 6 heteroatoms. The average Bonchev–Trinajstić information content (AvgIpc) is 1.63. The van der Waals surface area contributed by atoms with Gasteiger partial charge in [-0.1, -0.05) is 13.8 Å². The molecule has 0 atom stereocenters. The first kappa shape index (κ1) is 19.8. The predicted molar refractivity (Wildman–Crippen MR) is 66.2 cm³/mol. The van der Waals surface area contributed by atoms with E-state index in [1.807, 2.05) is 0 Å². The Labute approximate surface area is 131 Å². The van der Waals surface area contributed by atoms with Crippen molar-refractivity contribution in [3.05, 3.63) is 12.2 Å². The van der Waals surface area contributed by atoms with Gasteiger partial charge in [-0.25, -0.2) is 0 Å². The van der Waals surface area contributed by atoms with Gasteiger partial charge in [0.2, 0.25) is 0 Å². The standard InChI is InChI=1S/C5H7O.3HI.V.Y/c1-4(2)5(3)6;;;;;/h1H,2-3H3;3*1H;;/q-1;;;;+3;/p-3. The number of hydrogen-bond donors (Lipinski definition) is 0. The minimum absolute atomic E-state index is 0. The van der Waals surface area contributed by atoms with Crippen LogP contribution in [0.4, 0.5) is 0 Å². The van der Waals surface area contributed by atoms with Gasteiger partial charge in [-0.15, -0.1) is 0 Å². The van der Waals surface area contributed by atoms with E-state index in [1.54, 1.807) is 6.92 Å². The topological polar surface area (TPSA) is 17.1 Å². The van der Waals surface area contributed by atoms with Crippen molar-refractivity contribution in [2.45, 2.75) is 13.8 Å². The fourth-order valence-corrected chi connectivity index (χ4v) is 0. The predicted octanol–water partition coefficient (Wildman–Crippen LogP) is 3.61. The number of ketones is 1. The van der Waals surface area contributed by atoms with Crippen LogP contribution in [0, 0.1) is 6.58 Å². The zero-order chi connectivity index (χ0) is 8.73. The number of rotatable bonds is 1. The van der Waals surface area contributed by atoms with Crippen LogP contribution in [0.3, 0.4) is 0 Å². The van der Waals surface area contributed by atoms with E-state index >= 15 is 0 Å². The number of hydrogen-bond acceptors (Lipinski definition) is 1. The molecular weight excluding hydrogens is 597 g/mol. The second kappa shape index (κ2) is 13.3. The Morgan fingerprint density at radius 3 is 1.36 bits per heavy atom. The SMILES string of the molecule is [CH-]=C(C)C(C)=O.[I][V]([I])[I].[Y]. The van der Waals surface area contributed by atoms with Crippen LogP contribution >= 0.6 is 59.9 Å². The van der Waals surface area contributed by atoms with Gasteiger partial charge in [0, 0.05) is 38.5 Å². The van der Waals surface area contributed by atoms with Gasteiger partial charge in [-0.2, -0.15) is 5.57 Å². The van der Waals surface area contributed by atoms with Crippen LogP contribution in [-0.2, 0) is 42.4 Å². The van der Waals surface area contributed by atoms with Gasteiger partial charge >= 0.3 is 64.9 Å². The van der Waals surface area contributed by atoms with Gasteiger partial charge < -0.3 is 4.79 Å². The van der Waals surface area contributed by atoms with Crippen molar-refractivity contribution in [3.8, 4) is 0 Å². The summed E-state index contributed by atoms with van der Waals surface area (Å²) >= 11 is 7.39. The molecule has 0 amide bonds. The van der Waals surface area contributed by atoms with Crippen molar-refractivity contribution in [3.63, 3.8) is 0 Å². The number of allylic oxidation sites excluding steroid dienone is 1. The third-order valence-corrected chi connectivity index (χ3v) is 0.555. The molecule has 0 bridgehead atoms. The molecule has 0 fully saturated rings. The second-order valence-corrected chi connectivity index (χ2v) is 36.8. The number of halogens is 3. The molecule has 0 heterocycles. The molecule has 0 saturated carbocycles. The van der Waals surface area contributed by atoms with Crippen molar-refractivity contribution in [1.29, 1.82) is 0 Å². The number of Topliss-reactive ketones (excluding diaryl/α,β-unsaturated/α-hetero) is 1. The Balaban J connectivity index is -0.000000114. The van der Waals surface area contributed by atoms with Crippen LogP contribution < -0.4 is 0 Å². The molecule has 63 valence electrons. The molecule has 0 aliphatic carbocycles. The molecule has 0 aliphatic heterocycles. The number of carbonyl (C=O) groups is 1. The second-order valence-electron chi connectivity index (χ2n) is 1.43. The van der Waals surface area contributed by atoms with E-state index in [-0.39, 0.29) is 43.4 Å². The van der Waals surface area contributed by atoms with Crippen LogP contribution in [-0.4, -0.2) is 5.78 Å². The van der Waals surface area contributed by atoms with Crippen LogP contribution in [0.15, 0.2) is 5.57 Å². The summed E-state index contributed by atoms with van der Waals surface area (Å²) < 4.78 is 0. The van der Waals surface area contributed by atoms with E-state index < -0.39 is 0 Å². The molecule has 0 aromatic rings. The molecule has 0 N–H and O–H groups in total. The average molecular weight is 604 g/mol. The van der Waals surface area contributed by atoms with Gasteiger partial charge in [0.25, 0.3) is 0 Å². The van der Waals surface area contributed by atoms with Crippen LogP contribution in [0.1, 0.15) is 13.8 Å². The monoisotopic (exact) mass is 604 g/mol. The van der Waals surface area contributed by atoms with Crippen molar-refractivity contribution in [2.75, 3.05) is 0 Å². The van der Waals surface area contributed by atoms with Crippen molar-refractivity contribution in [2.24, 2.45) is 0 Å². The molecule has 0 saturated heterocycles. The normalized spacial score (nSPS) is 7.45. The molecule has 0 aromatic carbocycles. The van der Waals surface area contributed by atoms with Gasteiger partial charge in [0.1, 0.15) is 0 Å². The molecule has 1 radical (unpaired) electrons. The first-order valence-corrected chi connectivity index (χ1v) is 15.8. The first-order valence-electron chi connectivity index (χ1n) is 2.25. The summed E-state index contributed by atoms with van der Waals surface area (Å²) in [5.41, 5.74) is 0.370. The van der Waals surface area contributed by atoms with E-state index in [2.05, 4.69) is 59.9 Å². The third kappa shape index (κ3) is 31.9. The van der Waals surface area contributed by atoms with Gasteiger partial charge in [-0.3, -0.25) is 6.58 Å². The summed E-state index contributed by atoms with van der Waals surface area (Å²) in [5, 5.41) is 0. The summed E-state index contributed by atoms with van der Waals surface area (Å²) in [4.78, 5) is 9.70. The molecule has 0 spiro atoms. The van der Waals surface area contributed by atoms with E-state index in [4.69, 9.17) is 6.58 Å². The molecule has 1 nitrogen and oxygen atoms in total. The van der Waals surface area contributed by atoms with Crippen LogP contribution in [0.5, 0.6) is 0 Å². The Morgan fingerprint density at radius 1 is 1.27 bits per heavy atom. The Morgan fingerprint density at radius 2 is 1.36 bits per heavy atom. The third-order valence-electron chi connectivity index (χ3n) is 0.555. The Kier molecular flexibility index (Phi) is 23.9. The summed E-state index contributed by atoms with van der Waals surface area (Å²) in [6.07, 6.45) is 0. The quantitative estimate of drug-likeness (QED) is 0.255. The largest absolute Gasteiger partial charge is 0 e. The van der Waals surface area contributed by atoms with E-state index in [1.165, 1.54) is 6.92 Å². The fraction of sp³-hybridized carbons (Fsp3) is 0.400. The summed E-state index contributed by atoms with van der Waals surface area (Å²) in [7, 11) is 0. The Hall–Kier alpha value is 3.29. The van der Waals surface area contributed by atoms with Crippen LogP contribution in [0.25, 0.3) is 0 Å². The maximum atomic E-state index is 9.98. The molecule has 0 unspecified atom stereocenters. The van der Waals surface area contributed by atoms with Crippen LogP contribution in [0.2, 0.25) is 0 Å². The Bertz CT molecular complexity index is 114. The number of carbonyl (C=O) groups excluding carboxylic acids is 1. The van der Waals surface area contributed by atoms with E-state index in [0.717, 1.165) is 0 Å². The van der Waals surface area contributed by atoms with Crippen molar-refractivity contribution < 1.29 is 42.4 Å². The molecule has 11 heavy (non-hydrogen) atoms. The van der Waals surface area contributed by atoms with Gasteiger partial charge in [0.05, 0.1) is 0 Å². The van der Waals surface area contributed by atoms with Gasteiger partial charge in [-0.05, 0) is 0 Å². The van der Waals surface area contributed by atoms with E-state index in [0.29, 0.717) is 5.57 Å². The smallest absolute Gasteiger partial charge is 0 e. The first-order chi connectivity index (χ1) is 4.37. The van der Waals surface area contributed by atoms with Crippen molar-refractivity contribution >= 4 is 65.7 Å². The summed E-state index contributed by atoms with van der Waals surface area (Å²) in [5.74, 6) is -0.0463. The zero-order valence-electron chi connectivity index (χ0n) is 6.14. The molecular formula is C5H7I3OVY-. The molecule has 0 aromatic heterocycles.